The number of halogens is 1. The normalized spacial score (nSPS) is 16.4. The molecular formula is C16H18ClN3O2S. The van der Waals surface area contributed by atoms with Gasteiger partial charge in [-0.05, 0) is 36.5 Å². The lowest BCUT2D eigenvalue weighted by Crippen LogP contribution is -2.36. The largest absolute Gasteiger partial charge is 0.348 e. The fourth-order valence-electron chi connectivity index (χ4n) is 2.42. The fourth-order valence-corrected chi connectivity index (χ4v) is 3.06. The summed E-state index contributed by atoms with van der Waals surface area (Å²) in [6, 6.07) is 8.96. The van der Waals surface area contributed by atoms with E-state index in [1.807, 2.05) is 5.38 Å². The van der Waals surface area contributed by atoms with E-state index in [9.17, 15) is 9.59 Å². The minimum absolute atomic E-state index is 0. The quantitative estimate of drug-likeness (QED) is 0.792. The average Bonchev–Trinajstić information content (AvgIpc) is 3.21. The summed E-state index contributed by atoms with van der Waals surface area (Å²) in [5.41, 5.74) is 1.61. The number of rotatable bonds is 4. The van der Waals surface area contributed by atoms with E-state index in [2.05, 4.69) is 16.0 Å². The zero-order valence-electron chi connectivity index (χ0n) is 12.4. The van der Waals surface area contributed by atoms with Gasteiger partial charge in [0.2, 0.25) is 0 Å². The number of nitrogens with one attached hydrogen (secondary N) is 3. The molecule has 2 aromatic rings. The van der Waals surface area contributed by atoms with Crippen molar-refractivity contribution in [2.45, 2.75) is 12.5 Å². The first-order chi connectivity index (χ1) is 10.7. The molecule has 2 amide bonds. The minimum Gasteiger partial charge on any atom is -0.348 e. The molecule has 1 fully saturated rings. The maximum atomic E-state index is 12.4. The van der Waals surface area contributed by atoms with Crippen molar-refractivity contribution in [1.82, 2.24) is 10.6 Å². The summed E-state index contributed by atoms with van der Waals surface area (Å²) in [7, 11) is 0. The summed E-state index contributed by atoms with van der Waals surface area (Å²) in [5, 5.41) is 12.6. The Morgan fingerprint density at radius 2 is 2.00 bits per heavy atom. The molecule has 1 aliphatic rings. The molecule has 1 atom stereocenters. The molecule has 1 aliphatic heterocycles. The van der Waals surface area contributed by atoms with Crippen molar-refractivity contribution in [2.75, 3.05) is 18.4 Å². The van der Waals surface area contributed by atoms with Crippen LogP contribution in [0.3, 0.4) is 0 Å². The summed E-state index contributed by atoms with van der Waals surface area (Å²) >= 11 is 1.46. The van der Waals surface area contributed by atoms with Gasteiger partial charge >= 0.3 is 0 Å². The molecular weight excluding hydrogens is 334 g/mol. The van der Waals surface area contributed by atoms with Gasteiger partial charge in [0.05, 0.1) is 16.8 Å². The molecule has 2 heterocycles. The average molecular weight is 352 g/mol. The second kappa shape index (κ2) is 8.10. The highest BCUT2D eigenvalue weighted by Crippen LogP contribution is 2.17. The molecule has 0 bridgehead atoms. The van der Waals surface area contributed by atoms with E-state index in [0.717, 1.165) is 19.5 Å². The van der Waals surface area contributed by atoms with E-state index in [1.54, 1.807) is 35.7 Å². The van der Waals surface area contributed by atoms with E-state index >= 15 is 0 Å². The third-order valence-corrected chi connectivity index (χ3v) is 4.28. The van der Waals surface area contributed by atoms with Gasteiger partial charge in [-0.2, -0.15) is 11.3 Å². The highest BCUT2D eigenvalue weighted by Gasteiger charge is 2.20. The molecule has 3 rings (SSSR count). The molecule has 0 radical (unpaired) electrons. The molecule has 23 heavy (non-hydrogen) atoms. The Hall–Kier alpha value is -1.89. The van der Waals surface area contributed by atoms with Crippen LogP contribution in [-0.2, 0) is 0 Å². The summed E-state index contributed by atoms with van der Waals surface area (Å²) in [4.78, 5) is 24.5. The fraction of sp³-hybridized carbons (Fsp3) is 0.250. The maximum Gasteiger partial charge on any atom is 0.256 e. The number of amides is 2. The van der Waals surface area contributed by atoms with Gasteiger partial charge in [0.25, 0.3) is 11.8 Å². The van der Waals surface area contributed by atoms with Gasteiger partial charge in [0.1, 0.15) is 0 Å². The minimum atomic E-state index is -0.205. The first kappa shape index (κ1) is 17.5. The van der Waals surface area contributed by atoms with Gasteiger partial charge in [0.15, 0.2) is 0 Å². The predicted octanol–water partition coefficient (Wildman–Crippen LogP) is 2.51. The van der Waals surface area contributed by atoms with Crippen molar-refractivity contribution < 1.29 is 9.59 Å². The Bertz CT molecular complexity index is 670. The van der Waals surface area contributed by atoms with Crippen molar-refractivity contribution in [1.29, 1.82) is 0 Å². The van der Waals surface area contributed by atoms with Crippen LogP contribution in [0.2, 0.25) is 0 Å². The Kier molecular flexibility index (Phi) is 6.15. The number of benzene rings is 1. The molecule has 7 heteroatoms. The van der Waals surface area contributed by atoms with E-state index in [1.165, 1.54) is 11.3 Å². The van der Waals surface area contributed by atoms with Crippen molar-refractivity contribution in [2.24, 2.45) is 0 Å². The topological polar surface area (TPSA) is 70.2 Å². The van der Waals surface area contributed by atoms with E-state index in [-0.39, 0.29) is 30.3 Å². The number of carbonyl (C=O) groups is 2. The summed E-state index contributed by atoms with van der Waals surface area (Å²) in [5.74, 6) is -0.362. The van der Waals surface area contributed by atoms with Crippen LogP contribution in [0.4, 0.5) is 5.69 Å². The van der Waals surface area contributed by atoms with Gasteiger partial charge < -0.3 is 16.0 Å². The van der Waals surface area contributed by atoms with Crippen LogP contribution in [0.5, 0.6) is 0 Å². The molecule has 0 aliphatic carbocycles. The van der Waals surface area contributed by atoms with Crippen LogP contribution in [-0.4, -0.2) is 30.9 Å². The van der Waals surface area contributed by atoms with Crippen LogP contribution in [0.15, 0.2) is 41.1 Å². The van der Waals surface area contributed by atoms with Crippen molar-refractivity contribution in [3.8, 4) is 0 Å². The smallest absolute Gasteiger partial charge is 0.256 e. The molecule has 1 saturated heterocycles. The van der Waals surface area contributed by atoms with E-state index < -0.39 is 0 Å². The summed E-state index contributed by atoms with van der Waals surface area (Å²) < 4.78 is 0. The number of thiophene rings is 1. The van der Waals surface area contributed by atoms with Crippen LogP contribution in [0.1, 0.15) is 27.1 Å². The SMILES string of the molecule is Cl.O=C(Nc1ccccc1C(=O)NC1CCNC1)c1ccsc1. The van der Waals surface area contributed by atoms with Crippen LogP contribution < -0.4 is 16.0 Å². The first-order valence-electron chi connectivity index (χ1n) is 7.18. The molecule has 0 saturated carbocycles. The zero-order chi connectivity index (χ0) is 15.4. The van der Waals surface area contributed by atoms with Crippen molar-refractivity contribution in [3.63, 3.8) is 0 Å². The molecule has 1 aromatic heterocycles. The third kappa shape index (κ3) is 4.31. The number of anilines is 1. The Labute approximate surface area is 144 Å². The molecule has 122 valence electrons. The Morgan fingerprint density at radius 1 is 1.17 bits per heavy atom. The third-order valence-electron chi connectivity index (χ3n) is 3.60. The highest BCUT2D eigenvalue weighted by atomic mass is 35.5. The van der Waals surface area contributed by atoms with Crippen LogP contribution >= 0.6 is 23.7 Å². The summed E-state index contributed by atoms with van der Waals surface area (Å²) in [6.07, 6.45) is 0.926. The molecule has 1 aromatic carbocycles. The highest BCUT2D eigenvalue weighted by molar-refractivity contribution is 7.08. The van der Waals surface area contributed by atoms with Crippen molar-refractivity contribution >= 4 is 41.2 Å². The van der Waals surface area contributed by atoms with Crippen LogP contribution in [0, 0.1) is 0 Å². The first-order valence-corrected chi connectivity index (χ1v) is 8.12. The van der Waals surface area contributed by atoms with E-state index in [4.69, 9.17) is 0 Å². The van der Waals surface area contributed by atoms with Crippen molar-refractivity contribution in [3.05, 3.63) is 52.2 Å². The van der Waals surface area contributed by atoms with Crippen LogP contribution in [0.25, 0.3) is 0 Å². The lowest BCUT2D eigenvalue weighted by Gasteiger charge is -2.14. The molecule has 0 spiro atoms. The van der Waals surface area contributed by atoms with Gasteiger partial charge in [-0.25, -0.2) is 0 Å². The lowest BCUT2D eigenvalue weighted by atomic mass is 10.1. The number of para-hydroxylation sites is 1. The number of hydrogen-bond donors (Lipinski definition) is 3. The standard InChI is InChI=1S/C16H17N3O2S.ClH/c20-15(11-6-8-22-10-11)19-14-4-2-1-3-13(14)16(21)18-12-5-7-17-9-12;/h1-4,6,8,10,12,17H,5,7,9H2,(H,18,21)(H,19,20);1H. The van der Waals surface area contributed by atoms with Gasteiger partial charge in [-0.3, -0.25) is 9.59 Å². The molecule has 3 N–H and O–H groups in total. The second-order valence-corrected chi connectivity index (χ2v) is 5.95. The summed E-state index contributed by atoms with van der Waals surface area (Å²) in [6.45, 7) is 1.71. The van der Waals surface area contributed by atoms with Gasteiger partial charge in [0, 0.05) is 18.0 Å². The number of carbonyl (C=O) groups excluding carboxylic acids is 2. The maximum absolute atomic E-state index is 12.4. The lowest BCUT2D eigenvalue weighted by molar-refractivity contribution is 0.0941. The predicted molar refractivity (Wildman–Crippen MR) is 94.7 cm³/mol. The number of hydrogen-bond acceptors (Lipinski definition) is 4. The van der Waals surface area contributed by atoms with E-state index in [0.29, 0.717) is 16.8 Å². The monoisotopic (exact) mass is 351 g/mol. The molecule has 5 nitrogen and oxygen atoms in total. The Balaban J connectivity index is 0.00000192. The van der Waals surface area contributed by atoms with Gasteiger partial charge in [-0.15, -0.1) is 12.4 Å². The van der Waals surface area contributed by atoms with Gasteiger partial charge in [-0.1, -0.05) is 12.1 Å². The Morgan fingerprint density at radius 3 is 2.70 bits per heavy atom. The second-order valence-electron chi connectivity index (χ2n) is 5.17. The molecule has 1 unspecified atom stereocenters. The zero-order valence-corrected chi connectivity index (χ0v) is 14.0.